The predicted octanol–water partition coefficient (Wildman–Crippen LogP) is 0.471. The summed E-state index contributed by atoms with van der Waals surface area (Å²) in [7, 11) is 0. The smallest absolute Gasteiger partial charge is 0.0685 e. The Morgan fingerprint density at radius 2 is 1.90 bits per heavy atom. The van der Waals surface area contributed by atoms with Crippen LogP contribution in [-0.4, -0.2) is 10.2 Å². The molecule has 0 heterocycles. The maximum Gasteiger partial charge on any atom is 0.0685 e. The summed E-state index contributed by atoms with van der Waals surface area (Å²) in [5.41, 5.74) is 1.51. The van der Waals surface area contributed by atoms with Crippen molar-refractivity contribution in [2.75, 3.05) is 0 Å². The third-order valence-electron chi connectivity index (χ3n) is 1.39. The first-order valence-corrected chi connectivity index (χ1v) is 3.08. The molecular weight excluding hydrogens is 128 g/mol. The monoisotopic (exact) mass is 137 g/mol. The van der Waals surface area contributed by atoms with Gasteiger partial charge in [0.25, 0.3) is 0 Å². The summed E-state index contributed by atoms with van der Waals surface area (Å²) < 4.78 is 0. The predicted molar refractivity (Wildman–Crippen MR) is 37.1 cm³/mol. The van der Waals surface area contributed by atoms with Gasteiger partial charge in [-0.05, 0) is 23.3 Å². The van der Waals surface area contributed by atoms with Gasteiger partial charge in [0.1, 0.15) is 0 Å². The lowest BCUT2D eigenvalue weighted by molar-refractivity contribution is 0.260. The molecule has 0 aromatic heterocycles. The largest absolute Gasteiger partial charge is 0.392 e. The van der Waals surface area contributed by atoms with Crippen LogP contribution in [0.4, 0.5) is 0 Å². The van der Waals surface area contributed by atoms with Crippen LogP contribution in [0.25, 0.3) is 0 Å². The number of benzene rings is 1. The van der Waals surface area contributed by atoms with Crippen molar-refractivity contribution in [2.24, 2.45) is 0 Å². The molecule has 0 bridgehead atoms. The first kappa shape index (κ1) is 7.25. The molecule has 0 amide bonds. The summed E-state index contributed by atoms with van der Waals surface area (Å²) in [6, 6.07) is 7.94. The van der Waals surface area contributed by atoms with Crippen molar-refractivity contribution in [1.82, 2.24) is 0 Å². The summed E-state index contributed by atoms with van der Waals surface area (Å²) >= 11 is 0. The van der Waals surface area contributed by atoms with Gasteiger partial charge in [-0.2, -0.15) is 0 Å². The van der Waals surface area contributed by atoms with Gasteiger partial charge in [-0.15, -0.1) is 0 Å². The highest BCUT2D eigenvalue weighted by Gasteiger charge is 1.96. The average Bonchev–Trinajstić information content (AvgIpc) is 2.04. The van der Waals surface area contributed by atoms with Crippen molar-refractivity contribution in [1.29, 1.82) is 0 Å². The molecule has 1 rings (SSSR count). The van der Waals surface area contributed by atoms with Crippen LogP contribution < -0.4 is 0 Å². The van der Waals surface area contributed by atoms with E-state index in [1.165, 1.54) is 0 Å². The Hall–Kier alpha value is -0.860. The molecule has 0 saturated carbocycles. The first-order valence-electron chi connectivity index (χ1n) is 3.08. The van der Waals surface area contributed by atoms with Crippen LogP contribution in [0.15, 0.2) is 18.2 Å². The lowest BCUT2D eigenvalue weighted by Crippen LogP contribution is -1.92. The quantitative estimate of drug-likeness (QED) is 0.622. The molecule has 2 nitrogen and oxygen atoms in total. The number of rotatable bonds is 2. The lowest BCUT2D eigenvalue weighted by atomic mass is 10.1. The van der Waals surface area contributed by atoms with Crippen LogP contribution in [0, 0.1) is 6.07 Å². The normalized spacial score (nSPS) is 9.80. The van der Waals surface area contributed by atoms with E-state index in [2.05, 4.69) is 6.07 Å². The Balaban J connectivity index is 2.96. The number of hydrogen-bond acceptors (Lipinski definition) is 2. The van der Waals surface area contributed by atoms with Crippen LogP contribution in [-0.2, 0) is 13.2 Å². The molecule has 1 aromatic rings. The van der Waals surface area contributed by atoms with Gasteiger partial charge in [-0.25, -0.2) is 0 Å². The minimum atomic E-state index is -0.0345. The standard InChI is InChI=1S/C8H9O2/c9-5-7-3-1-2-4-8(7)6-10/h1,3-4,9-10H,5-6H2. The van der Waals surface area contributed by atoms with Gasteiger partial charge < -0.3 is 10.2 Å². The maximum atomic E-state index is 8.72. The van der Waals surface area contributed by atoms with Gasteiger partial charge in [0.05, 0.1) is 13.2 Å². The molecule has 1 radical (unpaired) electrons. The average molecular weight is 137 g/mol. The SMILES string of the molecule is OCc1c[c]ccc1CO. The molecule has 0 unspecified atom stereocenters. The second kappa shape index (κ2) is 3.34. The fourth-order valence-electron chi connectivity index (χ4n) is 0.799. The van der Waals surface area contributed by atoms with Gasteiger partial charge in [0, 0.05) is 0 Å². The molecule has 53 valence electrons. The zero-order valence-electron chi connectivity index (χ0n) is 5.54. The van der Waals surface area contributed by atoms with Crippen molar-refractivity contribution in [3.63, 3.8) is 0 Å². The van der Waals surface area contributed by atoms with E-state index in [0.29, 0.717) is 0 Å². The Bertz CT molecular complexity index is 185. The van der Waals surface area contributed by atoms with Crippen molar-refractivity contribution < 1.29 is 10.2 Å². The fraction of sp³-hybridized carbons (Fsp3) is 0.250. The van der Waals surface area contributed by atoms with E-state index in [-0.39, 0.29) is 13.2 Å². The summed E-state index contributed by atoms with van der Waals surface area (Å²) in [5.74, 6) is 0. The van der Waals surface area contributed by atoms with E-state index in [4.69, 9.17) is 10.2 Å². The minimum absolute atomic E-state index is 0.0232. The number of aliphatic hydroxyl groups excluding tert-OH is 2. The number of hydrogen-bond donors (Lipinski definition) is 2. The highest BCUT2D eigenvalue weighted by molar-refractivity contribution is 5.24. The van der Waals surface area contributed by atoms with Crippen LogP contribution in [0.1, 0.15) is 11.1 Å². The zero-order valence-corrected chi connectivity index (χ0v) is 5.54. The van der Waals surface area contributed by atoms with Gasteiger partial charge in [0.2, 0.25) is 0 Å². The summed E-state index contributed by atoms with van der Waals surface area (Å²) in [4.78, 5) is 0. The summed E-state index contributed by atoms with van der Waals surface area (Å²) in [5, 5.41) is 17.4. The van der Waals surface area contributed by atoms with Crippen LogP contribution in [0.5, 0.6) is 0 Å². The van der Waals surface area contributed by atoms with Crippen LogP contribution in [0.3, 0.4) is 0 Å². The van der Waals surface area contributed by atoms with Gasteiger partial charge >= 0.3 is 0 Å². The van der Waals surface area contributed by atoms with Crippen LogP contribution in [0.2, 0.25) is 0 Å². The Labute approximate surface area is 59.7 Å². The van der Waals surface area contributed by atoms with E-state index < -0.39 is 0 Å². The Kier molecular flexibility index (Phi) is 2.42. The van der Waals surface area contributed by atoms with Crippen molar-refractivity contribution in [3.8, 4) is 0 Å². The Morgan fingerprint density at radius 3 is 2.40 bits per heavy atom. The van der Waals surface area contributed by atoms with Gasteiger partial charge in [0.15, 0.2) is 0 Å². The van der Waals surface area contributed by atoms with E-state index in [0.717, 1.165) is 11.1 Å². The van der Waals surface area contributed by atoms with Crippen LogP contribution >= 0.6 is 0 Å². The third kappa shape index (κ3) is 1.35. The summed E-state index contributed by atoms with van der Waals surface area (Å²) in [6.07, 6.45) is 0. The highest BCUT2D eigenvalue weighted by Crippen LogP contribution is 2.06. The molecule has 10 heavy (non-hydrogen) atoms. The molecule has 0 spiro atoms. The zero-order chi connectivity index (χ0) is 7.40. The molecule has 0 fully saturated rings. The van der Waals surface area contributed by atoms with E-state index >= 15 is 0 Å². The lowest BCUT2D eigenvalue weighted by Gasteiger charge is -2.00. The molecule has 2 N–H and O–H groups in total. The van der Waals surface area contributed by atoms with Gasteiger partial charge in [-0.1, -0.05) is 12.1 Å². The molecule has 0 aliphatic heterocycles. The van der Waals surface area contributed by atoms with E-state index in [9.17, 15) is 0 Å². The number of aliphatic hydroxyl groups is 2. The van der Waals surface area contributed by atoms with Crippen molar-refractivity contribution in [2.45, 2.75) is 13.2 Å². The summed E-state index contributed by atoms with van der Waals surface area (Å²) in [6.45, 7) is -0.0577. The Morgan fingerprint density at radius 1 is 1.20 bits per heavy atom. The van der Waals surface area contributed by atoms with Gasteiger partial charge in [-0.3, -0.25) is 0 Å². The molecule has 0 aliphatic rings. The highest BCUT2D eigenvalue weighted by atomic mass is 16.3. The van der Waals surface area contributed by atoms with E-state index in [1.807, 2.05) is 0 Å². The maximum absolute atomic E-state index is 8.72. The molecule has 1 aromatic carbocycles. The topological polar surface area (TPSA) is 40.5 Å². The molecule has 0 saturated heterocycles. The molecule has 2 heteroatoms. The third-order valence-corrected chi connectivity index (χ3v) is 1.39. The fourth-order valence-corrected chi connectivity index (χ4v) is 0.799. The minimum Gasteiger partial charge on any atom is -0.392 e. The molecule has 0 aliphatic carbocycles. The molecular formula is C8H9O2. The first-order chi connectivity index (χ1) is 4.88. The van der Waals surface area contributed by atoms with E-state index in [1.54, 1.807) is 18.2 Å². The second-order valence-corrected chi connectivity index (χ2v) is 2.01. The second-order valence-electron chi connectivity index (χ2n) is 2.01. The molecule has 0 atom stereocenters. The van der Waals surface area contributed by atoms with Crippen molar-refractivity contribution >= 4 is 0 Å². The van der Waals surface area contributed by atoms with Crippen molar-refractivity contribution in [3.05, 3.63) is 35.4 Å².